The number of hydrogen-bond acceptors (Lipinski definition) is 3. The molecule has 0 bridgehead atoms. The third kappa shape index (κ3) is 2.68. The molecule has 2 fully saturated rings. The third-order valence-corrected chi connectivity index (χ3v) is 5.67. The van der Waals surface area contributed by atoms with Crippen LogP contribution >= 0.6 is 0 Å². The van der Waals surface area contributed by atoms with Crippen LogP contribution in [-0.2, 0) is 11.3 Å². The summed E-state index contributed by atoms with van der Waals surface area (Å²) in [6, 6.07) is 13.8. The Morgan fingerprint density at radius 3 is 2.60 bits per heavy atom. The van der Waals surface area contributed by atoms with E-state index in [4.69, 9.17) is 0 Å². The van der Waals surface area contributed by atoms with Crippen LogP contribution in [0, 0.1) is 5.92 Å². The van der Waals surface area contributed by atoms with E-state index in [1.54, 1.807) is 0 Å². The topological polar surface area (TPSA) is 61.4 Å². The van der Waals surface area contributed by atoms with Gasteiger partial charge in [-0.25, -0.2) is 4.79 Å². The quantitative estimate of drug-likeness (QED) is 0.847. The summed E-state index contributed by atoms with van der Waals surface area (Å²) in [4.78, 5) is 27.0. The SMILES string of the molecule is C[C@]1(C2CCNCC2)NC(=O)N(Cc2cccc3ccccc23)C1=O. The molecular formula is C20H23N3O2. The van der Waals surface area contributed by atoms with E-state index in [1.807, 2.05) is 49.4 Å². The Hall–Kier alpha value is -2.40. The molecule has 1 atom stereocenters. The van der Waals surface area contributed by atoms with Gasteiger partial charge < -0.3 is 10.6 Å². The zero-order valence-electron chi connectivity index (χ0n) is 14.4. The summed E-state index contributed by atoms with van der Waals surface area (Å²) in [6.07, 6.45) is 1.81. The molecule has 0 aliphatic carbocycles. The van der Waals surface area contributed by atoms with E-state index >= 15 is 0 Å². The zero-order valence-corrected chi connectivity index (χ0v) is 14.4. The molecule has 0 aromatic heterocycles. The summed E-state index contributed by atoms with van der Waals surface area (Å²) in [5.74, 6) is 0.0834. The molecule has 0 spiro atoms. The fraction of sp³-hybridized carbons (Fsp3) is 0.400. The number of rotatable bonds is 3. The van der Waals surface area contributed by atoms with Gasteiger partial charge in [-0.3, -0.25) is 9.69 Å². The van der Waals surface area contributed by atoms with E-state index in [1.165, 1.54) is 4.90 Å². The van der Waals surface area contributed by atoms with Crippen LogP contribution in [0.2, 0.25) is 0 Å². The highest BCUT2D eigenvalue weighted by Crippen LogP contribution is 2.33. The van der Waals surface area contributed by atoms with E-state index in [0.29, 0.717) is 6.54 Å². The number of hydrogen-bond donors (Lipinski definition) is 2. The van der Waals surface area contributed by atoms with Gasteiger partial charge in [0.1, 0.15) is 5.54 Å². The van der Waals surface area contributed by atoms with Crippen molar-refractivity contribution in [3.63, 3.8) is 0 Å². The van der Waals surface area contributed by atoms with E-state index in [9.17, 15) is 9.59 Å². The van der Waals surface area contributed by atoms with Crippen molar-refractivity contribution in [2.45, 2.75) is 31.8 Å². The van der Waals surface area contributed by atoms with Crippen LogP contribution in [0.1, 0.15) is 25.3 Å². The van der Waals surface area contributed by atoms with Crippen LogP contribution in [-0.4, -0.2) is 35.5 Å². The van der Waals surface area contributed by atoms with Crippen molar-refractivity contribution >= 4 is 22.7 Å². The van der Waals surface area contributed by atoms with Crippen LogP contribution in [0.5, 0.6) is 0 Å². The first kappa shape index (κ1) is 16.1. The lowest BCUT2D eigenvalue weighted by molar-refractivity contribution is -0.133. The Morgan fingerprint density at radius 2 is 1.80 bits per heavy atom. The summed E-state index contributed by atoms with van der Waals surface area (Å²) < 4.78 is 0. The molecule has 3 amide bonds. The molecule has 0 unspecified atom stereocenters. The first-order valence-corrected chi connectivity index (χ1v) is 8.91. The first-order chi connectivity index (χ1) is 12.1. The molecule has 5 heteroatoms. The maximum atomic E-state index is 13.1. The van der Waals surface area contributed by atoms with Crippen molar-refractivity contribution < 1.29 is 9.59 Å². The molecule has 2 saturated heterocycles. The zero-order chi connectivity index (χ0) is 17.4. The van der Waals surface area contributed by atoms with Crippen molar-refractivity contribution in [1.29, 1.82) is 0 Å². The normalized spacial score (nSPS) is 24.8. The van der Waals surface area contributed by atoms with Crippen LogP contribution in [0.15, 0.2) is 42.5 Å². The molecule has 5 nitrogen and oxygen atoms in total. The molecule has 2 N–H and O–H groups in total. The van der Waals surface area contributed by atoms with Gasteiger partial charge in [-0.15, -0.1) is 0 Å². The highest BCUT2D eigenvalue weighted by molar-refractivity contribution is 6.07. The Bertz CT molecular complexity index is 823. The summed E-state index contributed by atoms with van der Waals surface area (Å²) in [7, 11) is 0. The van der Waals surface area contributed by atoms with E-state index < -0.39 is 5.54 Å². The average molecular weight is 337 g/mol. The van der Waals surface area contributed by atoms with Crippen LogP contribution in [0.3, 0.4) is 0 Å². The predicted octanol–water partition coefficient (Wildman–Crippen LogP) is 2.65. The van der Waals surface area contributed by atoms with Gasteiger partial charge in [0.05, 0.1) is 6.54 Å². The number of nitrogens with one attached hydrogen (secondary N) is 2. The van der Waals surface area contributed by atoms with Gasteiger partial charge in [-0.05, 0) is 55.1 Å². The Kier molecular flexibility index (Phi) is 3.96. The van der Waals surface area contributed by atoms with Crippen molar-refractivity contribution in [3.05, 3.63) is 48.0 Å². The number of benzene rings is 2. The minimum Gasteiger partial charge on any atom is -0.323 e. The number of carbonyl (C=O) groups is 2. The predicted molar refractivity (Wildman–Crippen MR) is 97.0 cm³/mol. The number of fused-ring (bicyclic) bond motifs is 1. The smallest absolute Gasteiger partial charge is 0.323 e. The first-order valence-electron chi connectivity index (χ1n) is 8.91. The van der Waals surface area contributed by atoms with Gasteiger partial charge in [0.2, 0.25) is 0 Å². The largest absolute Gasteiger partial charge is 0.325 e. The minimum absolute atomic E-state index is 0.0997. The van der Waals surface area contributed by atoms with Crippen molar-refractivity contribution in [3.8, 4) is 0 Å². The Balaban J connectivity index is 1.62. The second kappa shape index (κ2) is 6.15. The molecule has 2 heterocycles. The number of amides is 3. The fourth-order valence-electron chi connectivity index (χ4n) is 4.14. The van der Waals surface area contributed by atoms with Gasteiger partial charge in [0.25, 0.3) is 5.91 Å². The highest BCUT2D eigenvalue weighted by Gasteiger charge is 2.52. The standard InChI is InChI=1S/C20H23N3O2/c1-20(16-9-11-21-12-10-16)18(24)23(19(25)22-20)13-15-7-4-6-14-5-2-3-8-17(14)15/h2-8,16,21H,9-13H2,1H3,(H,22,25)/t20-/m1/s1. The molecule has 2 aromatic rings. The van der Waals surface area contributed by atoms with Gasteiger partial charge in [-0.2, -0.15) is 0 Å². The Morgan fingerprint density at radius 1 is 1.08 bits per heavy atom. The average Bonchev–Trinajstić information content (AvgIpc) is 2.87. The summed E-state index contributed by atoms with van der Waals surface area (Å²) in [5, 5.41) is 8.50. The number of piperidine rings is 1. The van der Waals surface area contributed by atoms with Crippen LogP contribution in [0.25, 0.3) is 10.8 Å². The maximum Gasteiger partial charge on any atom is 0.325 e. The number of carbonyl (C=O) groups excluding carboxylic acids is 2. The lowest BCUT2D eigenvalue weighted by Gasteiger charge is -2.34. The van der Waals surface area contributed by atoms with Gasteiger partial charge in [-0.1, -0.05) is 42.5 Å². The van der Waals surface area contributed by atoms with Crippen molar-refractivity contribution in [2.75, 3.05) is 13.1 Å². The van der Waals surface area contributed by atoms with E-state index in [-0.39, 0.29) is 17.9 Å². The fourth-order valence-corrected chi connectivity index (χ4v) is 4.14. The molecule has 0 radical (unpaired) electrons. The second-order valence-corrected chi connectivity index (χ2v) is 7.19. The summed E-state index contributed by atoms with van der Waals surface area (Å²) in [5.41, 5.74) is 0.209. The van der Waals surface area contributed by atoms with Gasteiger partial charge in [0.15, 0.2) is 0 Å². The minimum atomic E-state index is -0.788. The van der Waals surface area contributed by atoms with E-state index in [2.05, 4.69) is 10.6 Å². The Labute approximate surface area is 147 Å². The van der Waals surface area contributed by atoms with Crippen LogP contribution < -0.4 is 10.6 Å². The number of nitrogens with zero attached hydrogens (tertiary/aromatic N) is 1. The van der Waals surface area contributed by atoms with Crippen molar-refractivity contribution in [1.82, 2.24) is 15.5 Å². The van der Waals surface area contributed by atoms with E-state index in [0.717, 1.165) is 42.3 Å². The lowest BCUT2D eigenvalue weighted by Crippen LogP contribution is -2.53. The molecule has 2 aromatic carbocycles. The van der Waals surface area contributed by atoms with Gasteiger partial charge in [0, 0.05) is 0 Å². The molecule has 25 heavy (non-hydrogen) atoms. The monoisotopic (exact) mass is 337 g/mol. The highest BCUT2D eigenvalue weighted by atomic mass is 16.2. The van der Waals surface area contributed by atoms with Gasteiger partial charge >= 0.3 is 6.03 Å². The molecular weight excluding hydrogens is 314 g/mol. The maximum absolute atomic E-state index is 13.1. The van der Waals surface area contributed by atoms with Crippen molar-refractivity contribution in [2.24, 2.45) is 5.92 Å². The molecule has 0 saturated carbocycles. The number of imide groups is 1. The van der Waals surface area contributed by atoms with Crippen LogP contribution in [0.4, 0.5) is 4.79 Å². The molecule has 130 valence electrons. The molecule has 4 rings (SSSR count). The molecule has 2 aliphatic heterocycles. The third-order valence-electron chi connectivity index (χ3n) is 5.67. The summed E-state index contributed by atoms with van der Waals surface area (Å²) in [6.45, 7) is 3.98. The number of urea groups is 1. The second-order valence-electron chi connectivity index (χ2n) is 7.19. The summed E-state index contributed by atoms with van der Waals surface area (Å²) >= 11 is 0. The molecule has 2 aliphatic rings. The lowest BCUT2D eigenvalue weighted by atomic mass is 9.79.